The van der Waals surface area contributed by atoms with E-state index in [2.05, 4.69) is 51.2 Å². The summed E-state index contributed by atoms with van der Waals surface area (Å²) < 4.78 is 6.27. The Balaban J connectivity index is 1.79. The number of benzene rings is 1. The molecule has 21 heavy (non-hydrogen) atoms. The van der Waals surface area contributed by atoms with Crippen LogP contribution in [0.4, 0.5) is 5.69 Å². The lowest BCUT2D eigenvalue weighted by Gasteiger charge is -2.41. The zero-order chi connectivity index (χ0) is 15.0. The van der Waals surface area contributed by atoms with Gasteiger partial charge in [0.1, 0.15) is 11.9 Å². The van der Waals surface area contributed by atoms with Crippen molar-refractivity contribution in [3.05, 3.63) is 23.8 Å². The second-order valence-corrected chi connectivity index (χ2v) is 7.84. The highest BCUT2D eigenvalue weighted by Gasteiger charge is 2.35. The number of nitrogens with one attached hydrogen (secondary N) is 1. The van der Waals surface area contributed by atoms with Gasteiger partial charge in [-0.15, -0.1) is 0 Å². The van der Waals surface area contributed by atoms with Gasteiger partial charge in [-0.3, -0.25) is 0 Å². The molecule has 1 aliphatic carbocycles. The van der Waals surface area contributed by atoms with Gasteiger partial charge in [-0.1, -0.05) is 46.6 Å². The fourth-order valence-corrected chi connectivity index (χ4v) is 3.77. The van der Waals surface area contributed by atoms with Crippen molar-refractivity contribution in [2.75, 3.05) is 5.32 Å². The first kappa shape index (κ1) is 14.7. The van der Waals surface area contributed by atoms with Crippen LogP contribution in [0.2, 0.25) is 0 Å². The van der Waals surface area contributed by atoms with Gasteiger partial charge in [0.25, 0.3) is 0 Å². The van der Waals surface area contributed by atoms with Crippen LogP contribution >= 0.6 is 0 Å². The third-order valence-electron chi connectivity index (χ3n) is 5.06. The smallest absolute Gasteiger partial charge is 0.142 e. The van der Waals surface area contributed by atoms with Crippen molar-refractivity contribution in [2.45, 2.75) is 77.4 Å². The molecule has 3 atom stereocenters. The summed E-state index contributed by atoms with van der Waals surface area (Å²) >= 11 is 0. The Kier molecular flexibility index (Phi) is 3.90. The second-order valence-electron chi connectivity index (χ2n) is 7.84. The Morgan fingerprint density at radius 3 is 2.76 bits per heavy atom. The van der Waals surface area contributed by atoms with Crippen molar-refractivity contribution >= 4 is 5.69 Å². The lowest BCUT2D eigenvalue weighted by molar-refractivity contribution is 0.105. The van der Waals surface area contributed by atoms with E-state index in [4.69, 9.17) is 4.74 Å². The van der Waals surface area contributed by atoms with Crippen molar-refractivity contribution in [3.63, 3.8) is 0 Å². The highest BCUT2D eigenvalue weighted by Crippen LogP contribution is 2.40. The number of hydrogen-bond donors (Lipinski definition) is 1. The average Bonchev–Trinajstić information content (AvgIpc) is 2.44. The summed E-state index contributed by atoms with van der Waals surface area (Å²) in [5.41, 5.74) is 2.75. The molecule has 0 aromatic heterocycles. The molecule has 0 radical (unpaired) electrons. The molecule has 1 fully saturated rings. The Morgan fingerprint density at radius 1 is 1.24 bits per heavy atom. The van der Waals surface area contributed by atoms with Crippen LogP contribution in [-0.2, 0) is 5.41 Å². The number of fused-ring (bicyclic) bond motifs is 2. The van der Waals surface area contributed by atoms with Crippen LogP contribution in [-0.4, -0.2) is 12.1 Å². The lowest BCUT2D eigenvalue weighted by atomic mass is 9.80. The van der Waals surface area contributed by atoms with E-state index in [1.807, 2.05) is 0 Å². The van der Waals surface area contributed by atoms with Gasteiger partial charge < -0.3 is 10.1 Å². The van der Waals surface area contributed by atoms with E-state index in [-0.39, 0.29) is 5.41 Å². The topological polar surface area (TPSA) is 21.3 Å². The summed E-state index contributed by atoms with van der Waals surface area (Å²) in [4.78, 5) is 0. The normalized spacial score (nSPS) is 28.1. The van der Waals surface area contributed by atoms with Gasteiger partial charge in [-0.2, -0.15) is 0 Å². The van der Waals surface area contributed by atoms with E-state index in [1.165, 1.54) is 43.4 Å². The van der Waals surface area contributed by atoms with E-state index < -0.39 is 0 Å². The summed E-state index contributed by atoms with van der Waals surface area (Å²) in [6.07, 6.45) is 6.81. The molecule has 1 aliphatic heterocycles. The third-order valence-corrected chi connectivity index (χ3v) is 5.06. The van der Waals surface area contributed by atoms with Crippen LogP contribution < -0.4 is 10.1 Å². The van der Waals surface area contributed by atoms with Crippen LogP contribution in [0.3, 0.4) is 0 Å². The van der Waals surface area contributed by atoms with Gasteiger partial charge in [-0.05, 0) is 48.3 Å². The number of ether oxygens (including phenoxy) is 1. The van der Waals surface area contributed by atoms with Crippen LogP contribution in [0.15, 0.2) is 18.2 Å². The quantitative estimate of drug-likeness (QED) is 0.814. The summed E-state index contributed by atoms with van der Waals surface area (Å²) in [6, 6.07) is 7.15. The van der Waals surface area contributed by atoms with Crippen molar-refractivity contribution in [1.29, 1.82) is 0 Å². The van der Waals surface area contributed by atoms with E-state index >= 15 is 0 Å². The monoisotopic (exact) mass is 287 g/mol. The van der Waals surface area contributed by atoms with Gasteiger partial charge in [0, 0.05) is 0 Å². The maximum absolute atomic E-state index is 6.27. The second kappa shape index (κ2) is 5.55. The zero-order valence-electron chi connectivity index (χ0n) is 13.9. The molecule has 1 N–H and O–H groups in total. The Bertz CT molecular complexity index is 503. The SMILES string of the molecule is CCCC1CCC2Oc3ccc(C(C)(C)C)cc3NC2C1. The molecule has 3 rings (SSSR count). The minimum Gasteiger partial charge on any atom is -0.486 e. The van der Waals surface area contributed by atoms with Crippen LogP contribution in [0.5, 0.6) is 5.75 Å². The van der Waals surface area contributed by atoms with Crippen LogP contribution in [0.25, 0.3) is 0 Å². The fourth-order valence-electron chi connectivity index (χ4n) is 3.77. The lowest BCUT2D eigenvalue weighted by Crippen LogP contribution is -2.45. The molecule has 0 spiro atoms. The molecular weight excluding hydrogens is 258 g/mol. The number of hydrogen-bond acceptors (Lipinski definition) is 2. The first-order valence-electron chi connectivity index (χ1n) is 8.55. The van der Waals surface area contributed by atoms with Crippen molar-refractivity contribution in [3.8, 4) is 5.75 Å². The minimum absolute atomic E-state index is 0.185. The van der Waals surface area contributed by atoms with E-state index in [0.29, 0.717) is 12.1 Å². The Morgan fingerprint density at radius 2 is 2.05 bits per heavy atom. The summed E-state index contributed by atoms with van der Waals surface area (Å²) in [5.74, 6) is 1.91. The molecule has 0 amide bonds. The fraction of sp³-hybridized carbons (Fsp3) is 0.684. The Hall–Kier alpha value is -1.18. The van der Waals surface area contributed by atoms with Crippen molar-refractivity contribution in [1.82, 2.24) is 0 Å². The van der Waals surface area contributed by atoms with Gasteiger partial charge >= 0.3 is 0 Å². The molecule has 116 valence electrons. The third kappa shape index (κ3) is 3.04. The molecule has 1 aromatic rings. The standard InChI is InChI=1S/C19H29NO/c1-5-6-13-7-9-17-15(11-13)20-16-12-14(19(2,3)4)8-10-18(16)21-17/h8,10,12-13,15,17,20H,5-7,9,11H2,1-4H3. The van der Waals surface area contributed by atoms with Crippen molar-refractivity contribution in [2.24, 2.45) is 5.92 Å². The van der Waals surface area contributed by atoms with E-state index in [0.717, 1.165) is 11.7 Å². The zero-order valence-corrected chi connectivity index (χ0v) is 13.9. The maximum Gasteiger partial charge on any atom is 0.142 e. The first-order valence-corrected chi connectivity index (χ1v) is 8.55. The highest BCUT2D eigenvalue weighted by atomic mass is 16.5. The number of rotatable bonds is 2. The first-order chi connectivity index (χ1) is 9.97. The average molecular weight is 287 g/mol. The molecule has 0 bridgehead atoms. The molecule has 0 saturated heterocycles. The van der Waals surface area contributed by atoms with Gasteiger partial charge in [0.2, 0.25) is 0 Å². The molecule has 2 heteroatoms. The Labute approximate surface area is 129 Å². The summed E-state index contributed by atoms with van der Waals surface area (Å²) in [6.45, 7) is 9.08. The van der Waals surface area contributed by atoms with E-state index in [9.17, 15) is 0 Å². The predicted molar refractivity (Wildman–Crippen MR) is 89.2 cm³/mol. The minimum atomic E-state index is 0.185. The van der Waals surface area contributed by atoms with Crippen LogP contribution in [0.1, 0.15) is 65.4 Å². The predicted octanol–water partition coefficient (Wildman–Crippen LogP) is 5.13. The van der Waals surface area contributed by atoms with Crippen LogP contribution in [0, 0.1) is 5.92 Å². The largest absolute Gasteiger partial charge is 0.486 e. The maximum atomic E-state index is 6.27. The van der Waals surface area contributed by atoms with Gasteiger partial charge in [-0.25, -0.2) is 0 Å². The van der Waals surface area contributed by atoms with E-state index in [1.54, 1.807) is 0 Å². The molecular formula is C19H29NO. The summed E-state index contributed by atoms with van der Waals surface area (Å²) in [7, 11) is 0. The van der Waals surface area contributed by atoms with Gasteiger partial charge in [0.15, 0.2) is 0 Å². The summed E-state index contributed by atoms with van der Waals surface area (Å²) in [5, 5.41) is 3.77. The molecule has 2 aliphatic rings. The highest BCUT2D eigenvalue weighted by molar-refractivity contribution is 5.61. The van der Waals surface area contributed by atoms with Crippen molar-refractivity contribution < 1.29 is 4.74 Å². The molecule has 1 saturated carbocycles. The molecule has 1 aromatic carbocycles. The molecule has 1 heterocycles. The number of anilines is 1. The van der Waals surface area contributed by atoms with Gasteiger partial charge in [0.05, 0.1) is 11.7 Å². The molecule has 3 unspecified atom stereocenters. The molecule has 2 nitrogen and oxygen atoms in total.